The fourth-order valence-electron chi connectivity index (χ4n) is 2.74. The molecule has 3 aromatic rings. The van der Waals surface area contributed by atoms with Crippen molar-refractivity contribution in [2.75, 3.05) is 6.54 Å². The van der Waals surface area contributed by atoms with Crippen LogP contribution in [0.1, 0.15) is 25.5 Å². The number of esters is 1. The molecule has 1 atom stereocenters. The van der Waals surface area contributed by atoms with E-state index in [1.54, 1.807) is 0 Å². The van der Waals surface area contributed by atoms with Gasteiger partial charge in [0.15, 0.2) is 0 Å². The summed E-state index contributed by atoms with van der Waals surface area (Å²) in [7, 11) is 0. The van der Waals surface area contributed by atoms with Gasteiger partial charge in [0.2, 0.25) is 5.91 Å². The molecule has 1 heterocycles. The van der Waals surface area contributed by atoms with Crippen LogP contribution in [0.3, 0.4) is 0 Å². The predicted molar refractivity (Wildman–Crippen MR) is 89.0 cm³/mol. The molecule has 0 aliphatic carbocycles. The highest BCUT2D eigenvalue weighted by Gasteiger charge is 2.16. The van der Waals surface area contributed by atoms with Gasteiger partial charge in [-0.25, -0.2) is 0 Å². The lowest BCUT2D eigenvalue weighted by Crippen LogP contribution is -2.28. The molecule has 118 valence electrons. The van der Waals surface area contributed by atoms with Gasteiger partial charge in [-0.3, -0.25) is 9.59 Å². The third-order valence-electron chi connectivity index (χ3n) is 3.75. The lowest BCUT2D eigenvalue weighted by atomic mass is 10.1. The van der Waals surface area contributed by atoms with Crippen molar-refractivity contribution in [2.24, 2.45) is 0 Å². The third-order valence-corrected chi connectivity index (χ3v) is 3.75. The van der Waals surface area contributed by atoms with Gasteiger partial charge in [-0.1, -0.05) is 30.3 Å². The summed E-state index contributed by atoms with van der Waals surface area (Å²) in [6, 6.07) is 14.0. The minimum absolute atomic E-state index is 0.158. The first-order valence-corrected chi connectivity index (χ1v) is 7.46. The van der Waals surface area contributed by atoms with Crippen LogP contribution < -0.4 is 5.32 Å². The summed E-state index contributed by atoms with van der Waals surface area (Å²) in [6.45, 7) is 3.05. The van der Waals surface area contributed by atoms with Crippen molar-refractivity contribution in [3.63, 3.8) is 0 Å². The number of aromatic nitrogens is 1. The third kappa shape index (κ3) is 3.18. The maximum Gasteiger partial charge on any atom is 0.303 e. The Morgan fingerprint density at radius 2 is 1.83 bits per heavy atom. The number of rotatable bonds is 4. The summed E-state index contributed by atoms with van der Waals surface area (Å²) >= 11 is 0. The fraction of sp³-hybridized carbons (Fsp3) is 0.222. The van der Waals surface area contributed by atoms with Crippen LogP contribution in [0.5, 0.6) is 0 Å². The number of hydrogen-bond donors (Lipinski definition) is 2. The van der Waals surface area contributed by atoms with E-state index in [9.17, 15) is 9.59 Å². The van der Waals surface area contributed by atoms with Gasteiger partial charge in [0, 0.05) is 35.7 Å². The quantitative estimate of drug-likeness (QED) is 0.728. The molecule has 2 N–H and O–H groups in total. The zero-order chi connectivity index (χ0) is 16.4. The molecule has 2 aromatic carbocycles. The molecule has 3 rings (SSSR count). The molecular weight excluding hydrogens is 292 g/mol. The number of amides is 1. The van der Waals surface area contributed by atoms with Crippen molar-refractivity contribution in [3.8, 4) is 0 Å². The minimum atomic E-state index is -0.507. The average Bonchev–Trinajstić information content (AvgIpc) is 2.88. The number of ether oxygens (including phenoxy) is 1. The Morgan fingerprint density at radius 3 is 2.57 bits per heavy atom. The Kier molecular flexibility index (Phi) is 4.02. The van der Waals surface area contributed by atoms with Gasteiger partial charge in [-0.15, -0.1) is 0 Å². The molecule has 0 saturated carbocycles. The zero-order valence-corrected chi connectivity index (χ0v) is 13.1. The first kappa shape index (κ1) is 15.1. The monoisotopic (exact) mass is 310 g/mol. The molecular formula is C18H18N2O3. The highest BCUT2D eigenvalue weighted by molar-refractivity contribution is 6.07. The number of para-hydroxylation sites is 1. The number of hydrogen-bond acceptors (Lipinski definition) is 3. The second-order valence-electron chi connectivity index (χ2n) is 5.51. The smallest absolute Gasteiger partial charge is 0.303 e. The van der Waals surface area contributed by atoms with E-state index in [0.717, 1.165) is 27.4 Å². The molecule has 0 saturated heterocycles. The average molecular weight is 310 g/mol. The summed E-state index contributed by atoms with van der Waals surface area (Å²) in [5.41, 5.74) is 2.88. The molecule has 5 heteroatoms. The molecule has 0 bridgehead atoms. The van der Waals surface area contributed by atoms with Crippen molar-refractivity contribution in [3.05, 3.63) is 48.0 Å². The molecule has 0 radical (unpaired) electrons. The van der Waals surface area contributed by atoms with E-state index in [2.05, 4.69) is 16.4 Å². The van der Waals surface area contributed by atoms with Crippen molar-refractivity contribution in [1.29, 1.82) is 0 Å². The standard InChI is InChI=1S/C18H18N2O3/c1-11(21)19-10-18(23-12(2)22)13-7-8-15-14-5-3-4-6-16(14)20-17(15)9-13/h3-9,18,20H,10H2,1-2H3,(H,19,21)/t18-/m0/s1. The van der Waals surface area contributed by atoms with Gasteiger partial charge < -0.3 is 15.0 Å². The lowest BCUT2D eigenvalue weighted by molar-refractivity contribution is -0.147. The van der Waals surface area contributed by atoms with Crippen LogP contribution in [-0.4, -0.2) is 23.4 Å². The molecule has 1 aromatic heterocycles. The number of carbonyl (C=O) groups is 2. The Morgan fingerprint density at radius 1 is 1.09 bits per heavy atom. The summed E-state index contributed by atoms with van der Waals surface area (Å²) in [5, 5.41) is 4.97. The summed E-state index contributed by atoms with van der Waals surface area (Å²) in [6.07, 6.45) is -0.507. The van der Waals surface area contributed by atoms with Crippen molar-refractivity contribution < 1.29 is 14.3 Å². The molecule has 0 aliphatic heterocycles. The second kappa shape index (κ2) is 6.12. The van der Waals surface area contributed by atoms with Gasteiger partial charge >= 0.3 is 5.97 Å². The molecule has 5 nitrogen and oxygen atoms in total. The topological polar surface area (TPSA) is 71.2 Å². The molecule has 0 unspecified atom stereocenters. The largest absolute Gasteiger partial charge is 0.456 e. The highest BCUT2D eigenvalue weighted by Crippen LogP contribution is 2.28. The first-order valence-electron chi connectivity index (χ1n) is 7.46. The maximum atomic E-state index is 11.3. The normalized spacial score (nSPS) is 12.3. The van der Waals surface area contributed by atoms with E-state index in [1.807, 2.05) is 36.4 Å². The van der Waals surface area contributed by atoms with E-state index in [1.165, 1.54) is 13.8 Å². The zero-order valence-electron chi connectivity index (χ0n) is 13.1. The number of carbonyl (C=O) groups excluding carboxylic acids is 2. The maximum absolute atomic E-state index is 11.3. The molecule has 1 amide bonds. The number of fused-ring (bicyclic) bond motifs is 3. The first-order chi connectivity index (χ1) is 11.0. The van der Waals surface area contributed by atoms with Crippen LogP contribution >= 0.6 is 0 Å². The number of nitrogens with one attached hydrogen (secondary N) is 2. The van der Waals surface area contributed by atoms with Crippen LogP contribution in [0.4, 0.5) is 0 Å². The van der Waals surface area contributed by atoms with Crippen molar-refractivity contribution >= 4 is 33.7 Å². The van der Waals surface area contributed by atoms with E-state index < -0.39 is 6.10 Å². The summed E-state index contributed by atoms with van der Waals surface area (Å²) < 4.78 is 5.34. The molecule has 0 spiro atoms. The Bertz CT molecular complexity index is 882. The van der Waals surface area contributed by atoms with Gasteiger partial charge in [0.25, 0.3) is 0 Å². The van der Waals surface area contributed by atoms with Gasteiger partial charge in [-0.05, 0) is 17.7 Å². The van der Waals surface area contributed by atoms with Crippen LogP contribution in [0.2, 0.25) is 0 Å². The SMILES string of the molecule is CC(=O)NC[C@H](OC(C)=O)c1ccc2c(c1)[nH]c1ccccc12. The number of aromatic amines is 1. The van der Waals surface area contributed by atoms with Crippen molar-refractivity contribution in [2.45, 2.75) is 20.0 Å². The van der Waals surface area contributed by atoms with E-state index >= 15 is 0 Å². The molecule has 23 heavy (non-hydrogen) atoms. The van der Waals surface area contributed by atoms with E-state index in [0.29, 0.717) is 0 Å². The van der Waals surface area contributed by atoms with E-state index in [4.69, 9.17) is 4.74 Å². The van der Waals surface area contributed by atoms with Gasteiger partial charge in [-0.2, -0.15) is 0 Å². The van der Waals surface area contributed by atoms with Crippen molar-refractivity contribution in [1.82, 2.24) is 10.3 Å². The second-order valence-corrected chi connectivity index (χ2v) is 5.51. The highest BCUT2D eigenvalue weighted by atomic mass is 16.5. The number of benzene rings is 2. The number of H-pyrrole nitrogens is 1. The van der Waals surface area contributed by atoms with Crippen LogP contribution in [0.25, 0.3) is 21.8 Å². The minimum Gasteiger partial charge on any atom is -0.456 e. The summed E-state index contributed by atoms with van der Waals surface area (Å²) in [5.74, 6) is -0.536. The Labute approximate surface area is 133 Å². The molecule has 0 aliphatic rings. The van der Waals surface area contributed by atoms with Crippen LogP contribution in [0.15, 0.2) is 42.5 Å². The van der Waals surface area contributed by atoms with E-state index in [-0.39, 0.29) is 18.4 Å². The Balaban J connectivity index is 2.00. The lowest BCUT2D eigenvalue weighted by Gasteiger charge is -2.17. The van der Waals surface area contributed by atoms with Gasteiger partial charge in [0.05, 0.1) is 6.54 Å². The van der Waals surface area contributed by atoms with Crippen LogP contribution in [-0.2, 0) is 14.3 Å². The Hall–Kier alpha value is -2.82. The van der Waals surface area contributed by atoms with Crippen LogP contribution in [0, 0.1) is 0 Å². The van der Waals surface area contributed by atoms with Gasteiger partial charge in [0.1, 0.15) is 6.10 Å². The molecule has 0 fully saturated rings. The fourth-order valence-corrected chi connectivity index (χ4v) is 2.74. The predicted octanol–water partition coefficient (Wildman–Crippen LogP) is 3.06. The summed E-state index contributed by atoms with van der Waals surface area (Å²) in [4.78, 5) is 25.8.